The third kappa shape index (κ3) is 1.49. The lowest BCUT2D eigenvalue weighted by molar-refractivity contribution is 0.278. The summed E-state index contributed by atoms with van der Waals surface area (Å²) in [6.07, 6.45) is 2.97. The van der Waals surface area contributed by atoms with E-state index in [-0.39, 0.29) is 18.4 Å². The molecule has 0 fully saturated rings. The molecule has 1 aromatic rings. The maximum atomic E-state index is 9.43. The van der Waals surface area contributed by atoms with Crippen molar-refractivity contribution in [2.75, 3.05) is 0 Å². The van der Waals surface area contributed by atoms with Crippen molar-refractivity contribution in [1.29, 1.82) is 0 Å². The summed E-state index contributed by atoms with van der Waals surface area (Å²) >= 11 is 0. The lowest BCUT2D eigenvalue weighted by Gasteiger charge is -2.24. The number of aliphatic hydroxyl groups is 1. The summed E-state index contributed by atoms with van der Waals surface area (Å²) in [5.41, 5.74) is 8.88. The molecule has 1 aliphatic rings. The van der Waals surface area contributed by atoms with Crippen LogP contribution in [0.2, 0.25) is 0 Å². The number of aromatic hydroxyl groups is 1. The van der Waals surface area contributed by atoms with Crippen molar-refractivity contribution < 1.29 is 10.2 Å². The Bertz CT molecular complexity index is 332. The van der Waals surface area contributed by atoms with Crippen LogP contribution in [0.1, 0.15) is 35.6 Å². The van der Waals surface area contributed by atoms with Crippen molar-refractivity contribution in [3.8, 4) is 5.75 Å². The number of phenolic OH excluding ortho intramolecular Hbond substituents is 1. The van der Waals surface area contributed by atoms with Gasteiger partial charge in [-0.15, -0.1) is 0 Å². The maximum absolute atomic E-state index is 9.43. The van der Waals surface area contributed by atoms with Crippen LogP contribution >= 0.6 is 0 Å². The second-order valence-corrected chi connectivity index (χ2v) is 3.83. The molecule has 0 aliphatic heterocycles. The molecule has 1 aliphatic carbocycles. The van der Waals surface area contributed by atoms with Crippen molar-refractivity contribution in [1.82, 2.24) is 0 Å². The SMILES string of the molecule is NC1CCCc2cc(O)cc(CO)c21. The number of phenols is 1. The molecular weight excluding hydrogens is 178 g/mol. The fourth-order valence-electron chi connectivity index (χ4n) is 2.23. The van der Waals surface area contributed by atoms with Crippen LogP contribution in [0, 0.1) is 0 Å². The van der Waals surface area contributed by atoms with Gasteiger partial charge in [0.05, 0.1) is 6.61 Å². The molecule has 4 N–H and O–H groups in total. The predicted octanol–water partition coefficient (Wildman–Crippen LogP) is 1.22. The first-order chi connectivity index (χ1) is 6.72. The maximum Gasteiger partial charge on any atom is 0.116 e. The van der Waals surface area contributed by atoms with Crippen LogP contribution in [0.5, 0.6) is 5.75 Å². The summed E-state index contributed by atoms with van der Waals surface area (Å²) in [6, 6.07) is 3.37. The Kier molecular flexibility index (Phi) is 2.44. The molecule has 0 spiro atoms. The second kappa shape index (κ2) is 3.59. The molecule has 0 saturated carbocycles. The molecule has 3 nitrogen and oxygen atoms in total. The Morgan fingerprint density at radius 1 is 1.43 bits per heavy atom. The molecule has 3 heteroatoms. The van der Waals surface area contributed by atoms with E-state index < -0.39 is 0 Å². The van der Waals surface area contributed by atoms with Crippen molar-refractivity contribution in [2.24, 2.45) is 5.73 Å². The van der Waals surface area contributed by atoms with Crippen LogP contribution in [0.25, 0.3) is 0 Å². The van der Waals surface area contributed by atoms with E-state index in [4.69, 9.17) is 10.8 Å². The van der Waals surface area contributed by atoms with E-state index in [2.05, 4.69) is 0 Å². The molecule has 1 aromatic carbocycles. The molecule has 0 aromatic heterocycles. The highest BCUT2D eigenvalue weighted by atomic mass is 16.3. The summed E-state index contributed by atoms with van der Waals surface area (Å²) in [4.78, 5) is 0. The third-order valence-corrected chi connectivity index (χ3v) is 2.84. The summed E-state index contributed by atoms with van der Waals surface area (Å²) in [5, 5.41) is 18.6. The van der Waals surface area contributed by atoms with Gasteiger partial charge in [-0.25, -0.2) is 0 Å². The van der Waals surface area contributed by atoms with E-state index in [0.29, 0.717) is 0 Å². The van der Waals surface area contributed by atoms with Crippen LogP contribution in [0.4, 0.5) is 0 Å². The van der Waals surface area contributed by atoms with Gasteiger partial charge < -0.3 is 15.9 Å². The van der Waals surface area contributed by atoms with Crippen molar-refractivity contribution in [2.45, 2.75) is 31.9 Å². The molecule has 1 atom stereocenters. The minimum atomic E-state index is -0.0512. The molecule has 0 heterocycles. The Labute approximate surface area is 83.2 Å². The average Bonchev–Trinajstić information content (AvgIpc) is 2.16. The molecule has 1 unspecified atom stereocenters. The van der Waals surface area contributed by atoms with E-state index in [1.54, 1.807) is 12.1 Å². The van der Waals surface area contributed by atoms with E-state index in [1.807, 2.05) is 0 Å². The molecule has 76 valence electrons. The van der Waals surface area contributed by atoms with Gasteiger partial charge in [-0.2, -0.15) is 0 Å². The van der Waals surface area contributed by atoms with Crippen LogP contribution in [0.15, 0.2) is 12.1 Å². The lowest BCUT2D eigenvalue weighted by atomic mass is 9.85. The number of hydrogen-bond acceptors (Lipinski definition) is 3. The number of nitrogens with two attached hydrogens (primary N) is 1. The number of rotatable bonds is 1. The van der Waals surface area contributed by atoms with Crippen LogP contribution in [-0.4, -0.2) is 10.2 Å². The van der Waals surface area contributed by atoms with Gasteiger partial charge in [0.15, 0.2) is 0 Å². The molecular formula is C11H15NO2. The van der Waals surface area contributed by atoms with Gasteiger partial charge in [-0.3, -0.25) is 0 Å². The summed E-state index contributed by atoms with van der Waals surface area (Å²) in [7, 11) is 0. The highest BCUT2D eigenvalue weighted by molar-refractivity contribution is 5.44. The van der Waals surface area contributed by atoms with Gasteiger partial charge in [0.25, 0.3) is 0 Å². The zero-order chi connectivity index (χ0) is 10.1. The zero-order valence-electron chi connectivity index (χ0n) is 8.03. The predicted molar refractivity (Wildman–Crippen MR) is 53.9 cm³/mol. The Morgan fingerprint density at radius 2 is 2.21 bits per heavy atom. The number of fused-ring (bicyclic) bond motifs is 1. The summed E-state index contributed by atoms with van der Waals surface area (Å²) in [5.74, 6) is 0.224. The first-order valence-electron chi connectivity index (χ1n) is 4.93. The van der Waals surface area contributed by atoms with Crippen LogP contribution < -0.4 is 5.73 Å². The van der Waals surface area contributed by atoms with Gasteiger partial charge in [0.1, 0.15) is 5.75 Å². The van der Waals surface area contributed by atoms with Gasteiger partial charge >= 0.3 is 0 Å². The largest absolute Gasteiger partial charge is 0.508 e. The van der Waals surface area contributed by atoms with Gasteiger partial charge in [-0.1, -0.05) is 0 Å². The number of hydrogen-bond donors (Lipinski definition) is 3. The number of aliphatic hydroxyl groups excluding tert-OH is 1. The topological polar surface area (TPSA) is 66.5 Å². The smallest absolute Gasteiger partial charge is 0.116 e. The monoisotopic (exact) mass is 193 g/mol. The Balaban J connectivity index is 2.55. The first kappa shape index (κ1) is 9.49. The molecule has 0 bridgehead atoms. The number of aryl methyl sites for hydroxylation is 1. The quantitative estimate of drug-likeness (QED) is 0.628. The molecule has 0 radical (unpaired) electrons. The van der Waals surface area contributed by atoms with Crippen LogP contribution in [-0.2, 0) is 13.0 Å². The molecule has 2 rings (SSSR count). The second-order valence-electron chi connectivity index (χ2n) is 3.83. The molecule has 0 amide bonds. The fourth-order valence-corrected chi connectivity index (χ4v) is 2.23. The van der Waals surface area contributed by atoms with E-state index in [1.165, 1.54) is 0 Å². The first-order valence-corrected chi connectivity index (χ1v) is 4.93. The Hall–Kier alpha value is -1.06. The Morgan fingerprint density at radius 3 is 2.93 bits per heavy atom. The standard InChI is InChI=1S/C11H15NO2/c12-10-3-1-2-7-4-9(14)5-8(6-13)11(7)10/h4-5,10,13-14H,1-3,6,12H2. The summed E-state index contributed by atoms with van der Waals surface area (Å²) in [6.45, 7) is -0.0512. The summed E-state index contributed by atoms with van der Waals surface area (Å²) < 4.78 is 0. The van der Waals surface area contributed by atoms with Gasteiger partial charge in [-0.05, 0) is 48.1 Å². The fraction of sp³-hybridized carbons (Fsp3) is 0.455. The lowest BCUT2D eigenvalue weighted by Crippen LogP contribution is -2.19. The highest BCUT2D eigenvalue weighted by Crippen LogP contribution is 2.33. The minimum absolute atomic E-state index is 0.0153. The van der Waals surface area contributed by atoms with Crippen LogP contribution in [0.3, 0.4) is 0 Å². The number of benzene rings is 1. The van der Waals surface area contributed by atoms with E-state index >= 15 is 0 Å². The van der Waals surface area contributed by atoms with E-state index in [0.717, 1.165) is 36.0 Å². The average molecular weight is 193 g/mol. The molecule has 14 heavy (non-hydrogen) atoms. The normalized spacial score (nSPS) is 20.6. The zero-order valence-corrected chi connectivity index (χ0v) is 8.03. The molecule has 0 saturated heterocycles. The minimum Gasteiger partial charge on any atom is -0.508 e. The van der Waals surface area contributed by atoms with Gasteiger partial charge in [0.2, 0.25) is 0 Å². The van der Waals surface area contributed by atoms with Crippen molar-refractivity contribution in [3.63, 3.8) is 0 Å². The van der Waals surface area contributed by atoms with E-state index in [9.17, 15) is 5.11 Å². The highest BCUT2D eigenvalue weighted by Gasteiger charge is 2.20. The van der Waals surface area contributed by atoms with Gasteiger partial charge in [0, 0.05) is 6.04 Å². The van der Waals surface area contributed by atoms with Crippen molar-refractivity contribution >= 4 is 0 Å². The third-order valence-electron chi connectivity index (χ3n) is 2.84. The van der Waals surface area contributed by atoms with Crippen molar-refractivity contribution in [3.05, 3.63) is 28.8 Å².